The number of rotatable bonds is 1. The van der Waals surface area contributed by atoms with Crippen LogP contribution in [0.3, 0.4) is 0 Å². The van der Waals surface area contributed by atoms with Crippen molar-refractivity contribution in [1.82, 2.24) is 0 Å². The van der Waals surface area contributed by atoms with Gasteiger partial charge in [-0.2, -0.15) is 0 Å². The van der Waals surface area contributed by atoms with Crippen molar-refractivity contribution >= 4 is 22.0 Å². The van der Waals surface area contributed by atoms with Crippen molar-refractivity contribution in [1.29, 1.82) is 0 Å². The molecule has 1 heteroatoms. The van der Waals surface area contributed by atoms with Crippen LogP contribution in [0, 0.1) is 0 Å². The quantitative estimate of drug-likeness (QED) is 0.685. The van der Waals surface area contributed by atoms with Gasteiger partial charge < -0.3 is 0 Å². The summed E-state index contributed by atoms with van der Waals surface area (Å²) in [4.78, 5) is 7.51. The van der Waals surface area contributed by atoms with Crippen molar-refractivity contribution in [2.75, 3.05) is 0 Å². The van der Waals surface area contributed by atoms with E-state index in [1.165, 1.54) is 12.8 Å². The molecule has 0 saturated heterocycles. The van der Waals surface area contributed by atoms with Gasteiger partial charge in [-0.1, -0.05) is 0 Å². The molecule has 0 bridgehead atoms. The van der Waals surface area contributed by atoms with E-state index < -0.39 is 18.4 Å². The monoisotopic (exact) mass is 268 g/mol. The number of aryl methyl sites for hydroxylation is 1. The van der Waals surface area contributed by atoms with Gasteiger partial charge in [-0.25, -0.2) is 0 Å². The Labute approximate surface area is 78.9 Å². The average molecular weight is 267 g/mol. The van der Waals surface area contributed by atoms with E-state index in [0.29, 0.717) is 0 Å². The molecule has 0 radical (unpaired) electrons. The van der Waals surface area contributed by atoms with Gasteiger partial charge in [-0.3, -0.25) is 0 Å². The van der Waals surface area contributed by atoms with Crippen LogP contribution in [0.4, 0.5) is 0 Å². The molecule has 1 aliphatic carbocycles. The van der Waals surface area contributed by atoms with E-state index in [1.54, 1.807) is 14.7 Å². The Balaban J connectivity index is 2.52. The van der Waals surface area contributed by atoms with E-state index in [-0.39, 0.29) is 0 Å². The van der Waals surface area contributed by atoms with E-state index in [0.717, 1.165) is 0 Å². The summed E-state index contributed by atoms with van der Waals surface area (Å²) >= 11 is -1.77. The molecular weight excluding hydrogens is 251 g/mol. The summed E-state index contributed by atoms with van der Waals surface area (Å²) in [5.41, 5.74) is 3.33. The number of hydrogen-bond donors (Lipinski definition) is 0. The Kier molecular flexibility index (Phi) is 1.98. The zero-order chi connectivity index (χ0) is 8.77. The van der Waals surface area contributed by atoms with Gasteiger partial charge >= 0.3 is 78.9 Å². The summed E-state index contributed by atoms with van der Waals surface area (Å²) in [6.45, 7) is 0. The second-order valence-corrected chi connectivity index (χ2v) is 19.1. The molecule has 0 saturated carbocycles. The molecule has 0 fully saturated rings. The molecule has 1 aliphatic rings. The van der Waals surface area contributed by atoms with Crippen molar-refractivity contribution in [3.63, 3.8) is 0 Å². The molecule has 0 unspecified atom stereocenters. The predicted molar refractivity (Wildman–Crippen MR) is 56.8 cm³/mol. The fourth-order valence-electron chi connectivity index (χ4n) is 1.95. The summed E-state index contributed by atoms with van der Waals surface area (Å²) in [7, 11) is 0. The van der Waals surface area contributed by atoms with Crippen molar-refractivity contribution in [3.05, 3.63) is 29.3 Å². The first-order valence-electron chi connectivity index (χ1n) is 4.70. The molecule has 12 heavy (non-hydrogen) atoms. The van der Waals surface area contributed by atoms with Crippen LogP contribution in [-0.2, 0) is 12.8 Å². The molecule has 0 N–H and O–H groups in total. The van der Waals surface area contributed by atoms with Gasteiger partial charge in [-0.05, 0) is 0 Å². The molecule has 0 heterocycles. The van der Waals surface area contributed by atoms with Crippen LogP contribution in [0.15, 0.2) is 18.2 Å². The Bertz CT molecular complexity index is 307. The Hall–Kier alpha value is 0.0187. The van der Waals surface area contributed by atoms with Gasteiger partial charge in [0.2, 0.25) is 0 Å². The molecular formula is C11H16Sn. The van der Waals surface area contributed by atoms with Gasteiger partial charge in [0.25, 0.3) is 0 Å². The normalized spacial score (nSPS) is 15.2. The molecule has 1 aromatic rings. The van der Waals surface area contributed by atoms with Gasteiger partial charge in [0.1, 0.15) is 0 Å². The minimum atomic E-state index is -1.77. The first kappa shape index (κ1) is 8.61. The number of fused-ring (bicyclic) bond motifs is 1. The van der Waals surface area contributed by atoms with Crippen molar-refractivity contribution in [2.45, 2.75) is 27.7 Å². The topological polar surface area (TPSA) is 0 Å². The van der Waals surface area contributed by atoms with Crippen LogP contribution in [-0.4, -0.2) is 18.4 Å². The molecule has 0 atom stereocenters. The second kappa shape index (κ2) is 2.76. The molecule has 0 amide bonds. The first-order valence-corrected chi connectivity index (χ1v) is 14.7. The number of hydrogen-bond acceptors (Lipinski definition) is 0. The predicted octanol–water partition coefficient (Wildman–Crippen LogP) is 2.33. The van der Waals surface area contributed by atoms with Crippen LogP contribution in [0.25, 0.3) is 0 Å². The van der Waals surface area contributed by atoms with E-state index in [4.69, 9.17) is 0 Å². The molecule has 64 valence electrons. The SMILES string of the molecule is [CH3][Sn]([CH3])([CH3])[c]1cccc2c1CC2. The molecule has 2 rings (SSSR count). The van der Waals surface area contributed by atoms with Crippen LogP contribution < -0.4 is 3.58 Å². The zero-order valence-electron chi connectivity index (χ0n) is 8.15. The Morgan fingerprint density at radius 2 is 1.83 bits per heavy atom. The molecule has 0 aliphatic heterocycles. The van der Waals surface area contributed by atoms with Crippen molar-refractivity contribution < 1.29 is 0 Å². The van der Waals surface area contributed by atoms with Gasteiger partial charge in [-0.15, -0.1) is 0 Å². The van der Waals surface area contributed by atoms with Crippen molar-refractivity contribution in [3.8, 4) is 0 Å². The Morgan fingerprint density at radius 1 is 1.08 bits per heavy atom. The molecule has 0 nitrogen and oxygen atoms in total. The second-order valence-electron chi connectivity index (χ2n) is 4.69. The van der Waals surface area contributed by atoms with E-state index >= 15 is 0 Å². The maximum atomic E-state index is 2.50. The minimum absolute atomic E-state index is 1.32. The van der Waals surface area contributed by atoms with Crippen LogP contribution in [0.2, 0.25) is 14.8 Å². The van der Waals surface area contributed by atoms with Crippen molar-refractivity contribution in [2.24, 2.45) is 0 Å². The first-order chi connectivity index (χ1) is 5.59. The fraction of sp³-hybridized carbons (Fsp3) is 0.455. The van der Waals surface area contributed by atoms with Crippen LogP contribution >= 0.6 is 0 Å². The summed E-state index contributed by atoms with van der Waals surface area (Å²) in [5.74, 6) is 0. The van der Waals surface area contributed by atoms with Crippen LogP contribution in [0.5, 0.6) is 0 Å². The molecule has 0 aromatic heterocycles. The zero-order valence-corrected chi connectivity index (χ0v) is 11.0. The van der Waals surface area contributed by atoms with Crippen LogP contribution in [0.1, 0.15) is 11.1 Å². The van der Waals surface area contributed by atoms with E-state index in [2.05, 4.69) is 33.0 Å². The third kappa shape index (κ3) is 1.30. The Morgan fingerprint density at radius 3 is 2.25 bits per heavy atom. The van der Waals surface area contributed by atoms with E-state index in [1.807, 2.05) is 0 Å². The number of benzene rings is 1. The standard InChI is InChI=1S/C8H7.3CH3.Sn/c1-2-4-8-6-5-7(8)3-1;;;;/h1-3H,5-6H2;3*1H3;. The summed E-state index contributed by atoms with van der Waals surface area (Å²) in [5, 5.41) is 0. The summed E-state index contributed by atoms with van der Waals surface area (Å²) in [6, 6.07) is 6.91. The summed E-state index contributed by atoms with van der Waals surface area (Å²) < 4.78 is 1.76. The third-order valence-corrected chi connectivity index (χ3v) is 8.67. The average Bonchev–Trinajstić information content (AvgIpc) is 1.88. The van der Waals surface area contributed by atoms with Gasteiger partial charge in [0, 0.05) is 0 Å². The van der Waals surface area contributed by atoms with Gasteiger partial charge in [0.15, 0.2) is 0 Å². The molecule has 1 aromatic carbocycles. The third-order valence-electron chi connectivity index (χ3n) is 2.73. The maximum absolute atomic E-state index is 2.50. The van der Waals surface area contributed by atoms with E-state index in [9.17, 15) is 0 Å². The fourth-order valence-corrected chi connectivity index (χ4v) is 7.05. The molecule has 0 spiro atoms. The van der Waals surface area contributed by atoms with Gasteiger partial charge in [0.05, 0.1) is 0 Å². The summed E-state index contributed by atoms with van der Waals surface area (Å²) in [6.07, 6.45) is 2.67.